The Morgan fingerprint density at radius 2 is 1.77 bits per heavy atom. The first-order valence-electron chi connectivity index (χ1n) is 9.79. The van der Waals surface area contributed by atoms with Gasteiger partial charge < -0.3 is 5.32 Å². The number of hydrogen-bond donors (Lipinski definition) is 2. The molecule has 3 aliphatic rings. The van der Waals surface area contributed by atoms with Crippen LogP contribution in [0.3, 0.4) is 0 Å². The van der Waals surface area contributed by atoms with Crippen LogP contribution in [0.25, 0.3) is 0 Å². The van der Waals surface area contributed by atoms with Crippen LogP contribution < -0.4 is 15.5 Å². The first-order valence-corrected chi connectivity index (χ1v) is 10.5. The van der Waals surface area contributed by atoms with Gasteiger partial charge in [0, 0.05) is 22.3 Å². The molecule has 5 rings (SSSR count). The van der Waals surface area contributed by atoms with E-state index in [1.807, 2.05) is 32.0 Å². The maximum absolute atomic E-state index is 13.7. The molecule has 0 saturated carbocycles. The molecule has 3 aliphatic heterocycles. The third-order valence-corrected chi connectivity index (χ3v) is 6.98. The topological polar surface area (TPSA) is 78.5 Å². The zero-order valence-electron chi connectivity index (χ0n) is 16.3. The van der Waals surface area contributed by atoms with Crippen LogP contribution in [0.4, 0.5) is 11.4 Å². The monoisotopic (exact) mass is 443 g/mol. The maximum Gasteiger partial charge on any atom is 0.250 e. The van der Waals surface area contributed by atoms with Gasteiger partial charge in [0.15, 0.2) is 0 Å². The van der Waals surface area contributed by atoms with Crippen LogP contribution in [0.1, 0.15) is 19.4 Å². The fourth-order valence-electron chi connectivity index (χ4n) is 5.16. The predicted molar refractivity (Wildman–Crippen MR) is 114 cm³/mol. The van der Waals surface area contributed by atoms with E-state index in [0.717, 1.165) is 4.90 Å². The number of benzene rings is 2. The number of nitrogens with one attached hydrogen (secondary N) is 2. The number of amides is 3. The average molecular weight is 444 g/mol. The molecule has 0 unspecified atom stereocenters. The van der Waals surface area contributed by atoms with Crippen molar-refractivity contribution in [2.45, 2.75) is 25.4 Å². The summed E-state index contributed by atoms with van der Waals surface area (Å²) >= 11 is 12.4. The number of hydrogen-bond acceptors (Lipinski definition) is 4. The van der Waals surface area contributed by atoms with Crippen molar-refractivity contribution in [3.8, 4) is 0 Å². The fraction of sp³-hybridized carbons (Fsp3) is 0.318. The van der Waals surface area contributed by atoms with E-state index >= 15 is 0 Å². The number of halogens is 2. The molecular formula is C22H19Cl2N3O3. The molecule has 3 amide bonds. The number of anilines is 2. The Balaban J connectivity index is 1.71. The number of carbonyl (C=O) groups excluding carboxylic acids is 3. The molecule has 0 bridgehead atoms. The van der Waals surface area contributed by atoms with Crippen molar-refractivity contribution in [3.05, 3.63) is 58.1 Å². The zero-order valence-corrected chi connectivity index (χ0v) is 17.8. The minimum Gasteiger partial charge on any atom is -0.324 e. The van der Waals surface area contributed by atoms with Crippen LogP contribution in [-0.2, 0) is 19.9 Å². The molecule has 0 aliphatic carbocycles. The van der Waals surface area contributed by atoms with Crippen LogP contribution in [0.2, 0.25) is 10.0 Å². The van der Waals surface area contributed by atoms with Crippen molar-refractivity contribution in [1.82, 2.24) is 5.32 Å². The third kappa shape index (κ3) is 2.38. The van der Waals surface area contributed by atoms with E-state index in [-0.39, 0.29) is 34.5 Å². The largest absolute Gasteiger partial charge is 0.324 e. The molecule has 1 spiro atoms. The molecule has 0 aromatic heterocycles. The summed E-state index contributed by atoms with van der Waals surface area (Å²) in [5, 5.41) is 6.89. The summed E-state index contributed by atoms with van der Waals surface area (Å²) in [4.78, 5) is 41.7. The minimum absolute atomic E-state index is 0.0176. The number of carbonyl (C=O) groups is 3. The molecule has 2 aromatic rings. The molecule has 3 heterocycles. The molecule has 2 saturated heterocycles. The van der Waals surface area contributed by atoms with Crippen molar-refractivity contribution in [2.24, 2.45) is 17.8 Å². The lowest BCUT2D eigenvalue weighted by Crippen LogP contribution is -2.54. The summed E-state index contributed by atoms with van der Waals surface area (Å²) in [5.41, 5.74) is 0.284. The molecule has 8 heteroatoms. The molecule has 30 heavy (non-hydrogen) atoms. The van der Waals surface area contributed by atoms with Crippen molar-refractivity contribution >= 4 is 52.3 Å². The Morgan fingerprint density at radius 1 is 1.03 bits per heavy atom. The van der Waals surface area contributed by atoms with E-state index < -0.39 is 23.3 Å². The third-order valence-electron chi connectivity index (χ3n) is 6.42. The van der Waals surface area contributed by atoms with Gasteiger partial charge in [0.05, 0.1) is 22.5 Å². The van der Waals surface area contributed by atoms with Crippen LogP contribution in [0.15, 0.2) is 42.5 Å². The van der Waals surface area contributed by atoms with Gasteiger partial charge in [-0.15, -0.1) is 0 Å². The molecule has 154 valence electrons. The molecule has 2 N–H and O–H groups in total. The lowest BCUT2D eigenvalue weighted by molar-refractivity contribution is -0.130. The lowest BCUT2D eigenvalue weighted by Gasteiger charge is -2.30. The second-order valence-corrected chi connectivity index (χ2v) is 9.18. The van der Waals surface area contributed by atoms with Crippen molar-refractivity contribution in [3.63, 3.8) is 0 Å². The standard InChI is InChI=1S/C22H19Cl2N3O3/c1-10(2)18-16-17(22(26-18)12-5-3-4-6-14(12)25-21(22)30)20(29)27(19(16)28)15-9-11(23)7-8-13(15)24/h3-10,16-18,26H,1-2H3,(H,25,30)/t16-,17+,18+,22+/m1/s1. The van der Waals surface area contributed by atoms with Crippen molar-refractivity contribution < 1.29 is 14.4 Å². The highest BCUT2D eigenvalue weighted by Gasteiger charge is 2.71. The van der Waals surface area contributed by atoms with E-state index in [9.17, 15) is 14.4 Å². The Hall–Kier alpha value is -2.41. The van der Waals surface area contributed by atoms with Gasteiger partial charge in [-0.25, -0.2) is 4.90 Å². The number of para-hydroxylation sites is 1. The number of nitrogens with zero attached hydrogens (tertiary/aromatic N) is 1. The van der Waals surface area contributed by atoms with Gasteiger partial charge in [-0.1, -0.05) is 55.2 Å². The molecule has 6 nitrogen and oxygen atoms in total. The highest BCUT2D eigenvalue weighted by atomic mass is 35.5. The number of imide groups is 1. The first-order chi connectivity index (χ1) is 14.3. The highest BCUT2D eigenvalue weighted by molar-refractivity contribution is 6.38. The van der Waals surface area contributed by atoms with E-state index in [0.29, 0.717) is 16.3 Å². The summed E-state index contributed by atoms with van der Waals surface area (Å²) in [6.07, 6.45) is 0. The van der Waals surface area contributed by atoms with Crippen LogP contribution in [0, 0.1) is 17.8 Å². The van der Waals surface area contributed by atoms with Gasteiger partial charge >= 0.3 is 0 Å². The second-order valence-electron chi connectivity index (χ2n) is 8.33. The Bertz CT molecular complexity index is 1120. The van der Waals surface area contributed by atoms with Gasteiger partial charge in [0.2, 0.25) is 17.7 Å². The smallest absolute Gasteiger partial charge is 0.250 e. The van der Waals surface area contributed by atoms with Crippen molar-refractivity contribution in [2.75, 3.05) is 10.2 Å². The van der Waals surface area contributed by atoms with E-state index in [4.69, 9.17) is 23.2 Å². The summed E-state index contributed by atoms with van der Waals surface area (Å²) < 4.78 is 0. The van der Waals surface area contributed by atoms with Gasteiger partial charge in [-0.2, -0.15) is 0 Å². The second kappa shape index (κ2) is 6.54. The first kappa shape index (κ1) is 19.5. The molecule has 2 aromatic carbocycles. The molecule has 4 atom stereocenters. The maximum atomic E-state index is 13.7. The Morgan fingerprint density at radius 3 is 2.50 bits per heavy atom. The Labute approximate surface area is 183 Å². The quantitative estimate of drug-likeness (QED) is 0.695. The zero-order chi connectivity index (χ0) is 21.4. The highest BCUT2D eigenvalue weighted by Crippen LogP contribution is 2.54. The van der Waals surface area contributed by atoms with Gasteiger partial charge in [-0.05, 0) is 30.2 Å². The van der Waals surface area contributed by atoms with Gasteiger partial charge in [0.1, 0.15) is 5.54 Å². The van der Waals surface area contributed by atoms with E-state index in [1.54, 1.807) is 18.2 Å². The van der Waals surface area contributed by atoms with Crippen LogP contribution >= 0.6 is 23.2 Å². The lowest BCUT2D eigenvalue weighted by atomic mass is 9.76. The van der Waals surface area contributed by atoms with E-state index in [2.05, 4.69) is 10.6 Å². The summed E-state index contributed by atoms with van der Waals surface area (Å²) in [6.45, 7) is 3.94. The van der Waals surface area contributed by atoms with Crippen LogP contribution in [-0.4, -0.2) is 23.8 Å². The average Bonchev–Trinajstić information content (AvgIpc) is 3.29. The summed E-state index contributed by atoms with van der Waals surface area (Å²) in [7, 11) is 0. The molecule has 2 fully saturated rings. The van der Waals surface area contributed by atoms with Gasteiger partial charge in [-0.3, -0.25) is 19.7 Å². The summed E-state index contributed by atoms with van der Waals surface area (Å²) in [5.74, 6) is -2.68. The normalized spacial score (nSPS) is 29.7. The van der Waals surface area contributed by atoms with E-state index in [1.165, 1.54) is 6.07 Å². The Kier molecular flexibility index (Phi) is 4.26. The van der Waals surface area contributed by atoms with Gasteiger partial charge in [0.25, 0.3) is 0 Å². The van der Waals surface area contributed by atoms with Crippen molar-refractivity contribution in [1.29, 1.82) is 0 Å². The summed E-state index contributed by atoms with van der Waals surface area (Å²) in [6, 6.07) is 11.6. The number of rotatable bonds is 2. The molecular weight excluding hydrogens is 425 g/mol. The SMILES string of the molecule is CC(C)[C@@H]1N[C@]2(C(=O)Nc3ccccc32)[C@@H]2C(=O)N(c3cc(Cl)ccc3Cl)C(=O)[C@H]21. The molecule has 0 radical (unpaired) electrons. The number of fused-ring (bicyclic) bond motifs is 4. The minimum atomic E-state index is -1.30. The fourth-order valence-corrected chi connectivity index (χ4v) is 5.53. The predicted octanol–water partition coefficient (Wildman–Crippen LogP) is 3.57. The van der Waals surface area contributed by atoms with Crippen LogP contribution in [0.5, 0.6) is 0 Å².